The molecule has 0 aromatic heterocycles. The summed E-state index contributed by atoms with van der Waals surface area (Å²) in [6.45, 7) is 9.15. The van der Waals surface area contributed by atoms with E-state index in [1.54, 1.807) is 0 Å². The maximum atomic E-state index is 12.8. The SMILES string of the molecule is CCCC1=CC(OCC)/C(=C(\CCC)N2CCCC2)C1=O. The first kappa shape index (κ1) is 16.3. The number of hydrogen-bond acceptors (Lipinski definition) is 3. The molecular formula is C18H29NO2. The van der Waals surface area contributed by atoms with Gasteiger partial charge in [-0.1, -0.05) is 26.7 Å². The summed E-state index contributed by atoms with van der Waals surface area (Å²) >= 11 is 0. The molecule has 1 atom stereocenters. The Morgan fingerprint density at radius 3 is 2.52 bits per heavy atom. The summed E-state index contributed by atoms with van der Waals surface area (Å²) in [5.74, 6) is 0.241. The predicted octanol–water partition coefficient (Wildman–Crippen LogP) is 3.85. The monoisotopic (exact) mass is 291 g/mol. The molecule has 3 nitrogen and oxygen atoms in total. The standard InChI is InChI=1S/C18H29NO2/c1-4-9-14-13-16(21-6-3)17(18(14)20)15(10-5-2)19-11-7-8-12-19/h13,16H,4-12H2,1-3H3/b17-15-. The molecule has 1 heterocycles. The van der Waals surface area contributed by atoms with Crippen molar-refractivity contribution in [2.24, 2.45) is 0 Å². The van der Waals surface area contributed by atoms with Gasteiger partial charge < -0.3 is 9.64 Å². The van der Waals surface area contributed by atoms with Crippen molar-refractivity contribution in [3.8, 4) is 0 Å². The summed E-state index contributed by atoms with van der Waals surface area (Å²) in [6.07, 6.45) is 8.36. The molecule has 3 heteroatoms. The summed E-state index contributed by atoms with van der Waals surface area (Å²) in [5, 5.41) is 0. The maximum Gasteiger partial charge on any atom is 0.189 e. The largest absolute Gasteiger partial charge is 0.374 e. The lowest BCUT2D eigenvalue weighted by atomic mass is 10.0. The van der Waals surface area contributed by atoms with Crippen molar-refractivity contribution < 1.29 is 9.53 Å². The van der Waals surface area contributed by atoms with Crippen LogP contribution in [0.1, 0.15) is 59.3 Å². The molecule has 0 N–H and O–H groups in total. The smallest absolute Gasteiger partial charge is 0.189 e. The number of likely N-dealkylation sites (tertiary alicyclic amines) is 1. The van der Waals surface area contributed by atoms with Crippen molar-refractivity contribution in [2.75, 3.05) is 19.7 Å². The summed E-state index contributed by atoms with van der Waals surface area (Å²) in [4.78, 5) is 15.2. The fourth-order valence-corrected chi connectivity index (χ4v) is 3.40. The van der Waals surface area contributed by atoms with Crippen LogP contribution >= 0.6 is 0 Å². The molecule has 1 unspecified atom stereocenters. The molecular weight excluding hydrogens is 262 g/mol. The minimum atomic E-state index is -0.119. The van der Waals surface area contributed by atoms with Gasteiger partial charge in [0.05, 0.1) is 5.57 Å². The minimum absolute atomic E-state index is 0.119. The van der Waals surface area contributed by atoms with Crippen molar-refractivity contribution in [3.63, 3.8) is 0 Å². The van der Waals surface area contributed by atoms with E-state index in [2.05, 4.69) is 24.8 Å². The van der Waals surface area contributed by atoms with E-state index in [0.29, 0.717) is 6.61 Å². The van der Waals surface area contributed by atoms with Gasteiger partial charge in [0, 0.05) is 25.4 Å². The van der Waals surface area contributed by atoms with Crippen LogP contribution in [0, 0.1) is 0 Å². The Morgan fingerprint density at radius 2 is 1.95 bits per heavy atom. The highest BCUT2D eigenvalue weighted by atomic mass is 16.5. The van der Waals surface area contributed by atoms with Crippen LogP contribution in [0.5, 0.6) is 0 Å². The Morgan fingerprint density at radius 1 is 1.24 bits per heavy atom. The van der Waals surface area contributed by atoms with Crippen molar-refractivity contribution in [2.45, 2.75) is 65.4 Å². The lowest BCUT2D eigenvalue weighted by Gasteiger charge is -2.25. The molecule has 0 radical (unpaired) electrons. The molecule has 0 aromatic carbocycles. The molecule has 1 aliphatic heterocycles. The average molecular weight is 291 g/mol. The van der Waals surface area contributed by atoms with Crippen LogP contribution in [0.3, 0.4) is 0 Å². The fraction of sp³-hybridized carbons (Fsp3) is 0.722. The van der Waals surface area contributed by atoms with E-state index in [0.717, 1.165) is 49.9 Å². The third-order valence-corrected chi connectivity index (χ3v) is 4.32. The van der Waals surface area contributed by atoms with Crippen LogP contribution in [0.2, 0.25) is 0 Å². The van der Waals surface area contributed by atoms with E-state index in [9.17, 15) is 4.79 Å². The Kier molecular flexibility index (Phi) is 6.04. The van der Waals surface area contributed by atoms with E-state index in [4.69, 9.17) is 4.74 Å². The van der Waals surface area contributed by atoms with Crippen LogP contribution in [0.25, 0.3) is 0 Å². The molecule has 1 saturated heterocycles. The highest BCUT2D eigenvalue weighted by Gasteiger charge is 2.34. The third-order valence-electron chi connectivity index (χ3n) is 4.32. The normalized spacial score (nSPS) is 24.7. The highest BCUT2D eigenvalue weighted by molar-refractivity contribution is 6.12. The second-order valence-corrected chi connectivity index (χ2v) is 5.95. The Hall–Kier alpha value is -1.09. The van der Waals surface area contributed by atoms with Gasteiger partial charge in [-0.2, -0.15) is 0 Å². The van der Waals surface area contributed by atoms with E-state index in [1.807, 2.05) is 6.92 Å². The minimum Gasteiger partial charge on any atom is -0.374 e. The fourth-order valence-electron chi connectivity index (χ4n) is 3.40. The van der Waals surface area contributed by atoms with Gasteiger partial charge in [-0.3, -0.25) is 4.79 Å². The van der Waals surface area contributed by atoms with E-state index < -0.39 is 0 Å². The first-order valence-electron chi connectivity index (χ1n) is 8.57. The lowest BCUT2D eigenvalue weighted by Crippen LogP contribution is -2.26. The van der Waals surface area contributed by atoms with Crippen LogP contribution in [-0.2, 0) is 9.53 Å². The first-order valence-corrected chi connectivity index (χ1v) is 8.57. The van der Waals surface area contributed by atoms with Crippen molar-refractivity contribution in [1.82, 2.24) is 4.90 Å². The zero-order chi connectivity index (χ0) is 15.2. The lowest BCUT2D eigenvalue weighted by molar-refractivity contribution is -0.112. The molecule has 21 heavy (non-hydrogen) atoms. The molecule has 0 spiro atoms. The maximum absolute atomic E-state index is 12.8. The summed E-state index contributed by atoms with van der Waals surface area (Å²) in [7, 11) is 0. The number of ether oxygens (including phenoxy) is 1. The van der Waals surface area contributed by atoms with Crippen LogP contribution in [0.15, 0.2) is 22.9 Å². The van der Waals surface area contributed by atoms with Gasteiger partial charge in [0.25, 0.3) is 0 Å². The van der Waals surface area contributed by atoms with Crippen molar-refractivity contribution >= 4 is 5.78 Å². The number of rotatable bonds is 7. The summed E-state index contributed by atoms with van der Waals surface area (Å²) in [6, 6.07) is 0. The number of carbonyl (C=O) groups excluding carboxylic acids is 1. The molecule has 1 fully saturated rings. The zero-order valence-corrected chi connectivity index (χ0v) is 13.8. The number of Topliss-reactive ketones (excluding diaryl/α,β-unsaturated/α-hetero) is 1. The van der Waals surface area contributed by atoms with E-state index >= 15 is 0 Å². The number of carbonyl (C=O) groups is 1. The third kappa shape index (κ3) is 3.57. The number of hydrogen-bond donors (Lipinski definition) is 0. The topological polar surface area (TPSA) is 29.5 Å². The number of ketones is 1. The molecule has 0 aromatic rings. The van der Waals surface area contributed by atoms with E-state index in [-0.39, 0.29) is 11.9 Å². The number of allylic oxidation sites excluding steroid dienone is 2. The van der Waals surface area contributed by atoms with Gasteiger partial charge in [0.1, 0.15) is 6.10 Å². The number of nitrogens with zero attached hydrogens (tertiary/aromatic N) is 1. The van der Waals surface area contributed by atoms with Gasteiger partial charge in [0.2, 0.25) is 0 Å². The van der Waals surface area contributed by atoms with Crippen LogP contribution < -0.4 is 0 Å². The average Bonchev–Trinajstić information content (AvgIpc) is 3.08. The second-order valence-electron chi connectivity index (χ2n) is 5.95. The molecule has 2 aliphatic rings. The summed E-state index contributed by atoms with van der Waals surface area (Å²) < 4.78 is 5.87. The first-order chi connectivity index (χ1) is 10.2. The van der Waals surface area contributed by atoms with Crippen molar-refractivity contribution in [1.29, 1.82) is 0 Å². The molecule has 2 rings (SSSR count). The molecule has 0 saturated carbocycles. The second kappa shape index (κ2) is 7.79. The quantitative estimate of drug-likeness (QED) is 0.667. The van der Waals surface area contributed by atoms with Gasteiger partial charge in [-0.25, -0.2) is 0 Å². The summed E-state index contributed by atoms with van der Waals surface area (Å²) in [5.41, 5.74) is 3.14. The molecule has 118 valence electrons. The zero-order valence-electron chi connectivity index (χ0n) is 13.8. The van der Waals surface area contributed by atoms with Gasteiger partial charge in [-0.15, -0.1) is 0 Å². The Balaban J connectivity index is 2.34. The highest BCUT2D eigenvalue weighted by Crippen LogP contribution is 2.33. The predicted molar refractivity (Wildman–Crippen MR) is 86.2 cm³/mol. The Labute approximate surface area is 129 Å². The van der Waals surface area contributed by atoms with Crippen molar-refractivity contribution in [3.05, 3.63) is 22.9 Å². The van der Waals surface area contributed by atoms with E-state index in [1.165, 1.54) is 18.5 Å². The Bertz CT molecular complexity index is 430. The molecule has 0 amide bonds. The van der Waals surface area contributed by atoms with Crippen LogP contribution in [-0.4, -0.2) is 36.5 Å². The molecule has 1 aliphatic carbocycles. The van der Waals surface area contributed by atoms with Gasteiger partial charge >= 0.3 is 0 Å². The van der Waals surface area contributed by atoms with Crippen LogP contribution in [0.4, 0.5) is 0 Å². The van der Waals surface area contributed by atoms with Gasteiger partial charge in [-0.05, 0) is 44.3 Å². The van der Waals surface area contributed by atoms with Gasteiger partial charge in [0.15, 0.2) is 5.78 Å². The molecule has 0 bridgehead atoms.